The molecule has 1 aromatic carbocycles. The lowest BCUT2D eigenvalue weighted by atomic mass is 10.0. The molecule has 0 aromatic heterocycles. The topological polar surface area (TPSA) is 40.5 Å². The second-order valence-electron chi connectivity index (χ2n) is 3.83. The fourth-order valence-corrected chi connectivity index (χ4v) is 1.66. The highest BCUT2D eigenvalue weighted by molar-refractivity contribution is 5.98. The molecule has 0 radical (unpaired) electrons. The second kappa shape index (κ2) is 6.40. The Labute approximate surface area is 96.7 Å². The number of ketones is 1. The summed E-state index contributed by atoms with van der Waals surface area (Å²) in [7, 11) is 0. The molecule has 3 nitrogen and oxygen atoms in total. The number of rotatable bonds is 6. The van der Waals surface area contributed by atoms with Gasteiger partial charge in [0, 0.05) is 12.1 Å². The Bertz CT molecular complexity index is 350. The Hall–Kier alpha value is -1.19. The van der Waals surface area contributed by atoms with Crippen LogP contribution in [0.1, 0.15) is 22.8 Å². The van der Waals surface area contributed by atoms with Crippen molar-refractivity contribution in [3.63, 3.8) is 0 Å². The number of hydrogen-bond donors (Lipinski definition) is 1. The van der Waals surface area contributed by atoms with Crippen LogP contribution in [0, 0.1) is 6.92 Å². The SMILES string of the molecule is CCN(CCO)CC(=O)c1ccccc1C. The van der Waals surface area contributed by atoms with Gasteiger partial charge in [-0.3, -0.25) is 9.69 Å². The first-order chi connectivity index (χ1) is 7.69. The van der Waals surface area contributed by atoms with Gasteiger partial charge in [0.1, 0.15) is 0 Å². The molecule has 0 saturated heterocycles. The highest BCUT2D eigenvalue weighted by atomic mass is 16.3. The van der Waals surface area contributed by atoms with Gasteiger partial charge in [0.25, 0.3) is 0 Å². The third kappa shape index (κ3) is 3.43. The van der Waals surface area contributed by atoms with Crippen molar-refractivity contribution in [2.75, 3.05) is 26.2 Å². The second-order valence-corrected chi connectivity index (χ2v) is 3.83. The summed E-state index contributed by atoms with van der Waals surface area (Å²) >= 11 is 0. The van der Waals surface area contributed by atoms with Gasteiger partial charge in [-0.1, -0.05) is 31.2 Å². The highest BCUT2D eigenvalue weighted by Gasteiger charge is 2.12. The number of hydrogen-bond acceptors (Lipinski definition) is 3. The predicted octanol–water partition coefficient (Wildman–Crippen LogP) is 1.49. The number of carbonyl (C=O) groups is 1. The van der Waals surface area contributed by atoms with E-state index >= 15 is 0 Å². The molecular weight excluding hydrogens is 202 g/mol. The number of benzene rings is 1. The maximum Gasteiger partial charge on any atom is 0.177 e. The molecule has 88 valence electrons. The molecule has 0 aliphatic heterocycles. The molecule has 3 heteroatoms. The van der Waals surface area contributed by atoms with Crippen LogP contribution >= 0.6 is 0 Å². The molecule has 0 saturated carbocycles. The molecule has 16 heavy (non-hydrogen) atoms. The minimum atomic E-state index is 0.0922. The van der Waals surface area contributed by atoms with E-state index in [2.05, 4.69) is 0 Å². The Morgan fingerprint density at radius 3 is 2.62 bits per heavy atom. The van der Waals surface area contributed by atoms with Crippen LogP contribution in [0.3, 0.4) is 0 Å². The lowest BCUT2D eigenvalue weighted by molar-refractivity contribution is 0.0919. The van der Waals surface area contributed by atoms with Crippen molar-refractivity contribution in [2.24, 2.45) is 0 Å². The Morgan fingerprint density at radius 1 is 1.38 bits per heavy atom. The quantitative estimate of drug-likeness (QED) is 0.740. The summed E-state index contributed by atoms with van der Waals surface area (Å²) in [5.41, 5.74) is 1.78. The zero-order valence-corrected chi connectivity index (χ0v) is 9.94. The summed E-state index contributed by atoms with van der Waals surface area (Å²) in [5, 5.41) is 8.85. The van der Waals surface area contributed by atoms with Gasteiger partial charge in [-0.25, -0.2) is 0 Å². The van der Waals surface area contributed by atoms with Gasteiger partial charge in [-0.05, 0) is 19.0 Å². The molecule has 0 spiro atoms. The molecule has 0 heterocycles. The molecule has 0 atom stereocenters. The van der Waals surface area contributed by atoms with Crippen molar-refractivity contribution in [1.82, 2.24) is 4.90 Å². The van der Waals surface area contributed by atoms with Gasteiger partial charge >= 0.3 is 0 Å². The third-order valence-corrected chi connectivity index (χ3v) is 2.68. The van der Waals surface area contributed by atoms with Crippen molar-refractivity contribution in [2.45, 2.75) is 13.8 Å². The van der Waals surface area contributed by atoms with E-state index in [-0.39, 0.29) is 12.4 Å². The van der Waals surface area contributed by atoms with Crippen LogP contribution in [0.15, 0.2) is 24.3 Å². The maximum absolute atomic E-state index is 12.0. The van der Waals surface area contributed by atoms with Crippen LogP contribution in [-0.4, -0.2) is 42.0 Å². The summed E-state index contributed by atoms with van der Waals surface area (Å²) in [5.74, 6) is 0.119. The predicted molar refractivity (Wildman–Crippen MR) is 64.7 cm³/mol. The van der Waals surface area contributed by atoms with E-state index in [4.69, 9.17) is 5.11 Å². The van der Waals surface area contributed by atoms with Gasteiger partial charge in [0.15, 0.2) is 5.78 Å². The fraction of sp³-hybridized carbons (Fsp3) is 0.462. The number of likely N-dealkylation sites (N-methyl/N-ethyl adjacent to an activating group) is 1. The van der Waals surface area contributed by atoms with Crippen molar-refractivity contribution in [1.29, 1.82) is 0 Å². The molecule has 1 aromatic rings. The molecule has 0 amide bonds. The largest absolute Gasteiger partial charge is 0.395 e. The fourth-order valence-electron chi connectivity index (χ4n) is 1.66. The van der Waals surface area contributed by atoms with Gasteiger partial charge in [0.2, 0.25) is 0 Å². The summed E-state index contributed by atoms with van der Waals surface area (Å²) in [6, 6.07) is 7.60. The molecule has 1 N–H and O–H groups in total. The summed E-state index contributed by atoms with van der Waals surface area (Å²) in [6.45, 7) is 5.72. The molecule has 0 aliphatic carbocycles. The van der Waals surface area contributed by atoms with Crippen LogP contribution in [0.25, 0.3) is 0 Å². The van der Waals surface area contributed by atoms with E-state index in [1.165, 1.54) is 0 Å². The van der Waals surface area contributed by atoms with Gasteiger partial charge in [0.05, 0.1) is 13.2 Å². The number of nitrogens with zero attached hydrogens (tertiary/aromatic N) is 1. The zero-order valence-electron chi connectivity index (χ0n) is 9.94. The molecule has 0 unspecified atom stereocenters. The molecule has 1 rings (SSSR count). The normalized spacial score (nSPS) is 10.8. The van der Waals surface area contributed by atoms with E-state index in [0.717, 1.165) is 17.7 Å². The van der Waals surface area contributed by atoms with Gasteiger partial charge in [-0.15, -0.1) is 0 Å². The van der Waals surface area contributed by atoms with Crippen LogP contribution < -0.4 is 0 Å². The van der Waals surface area contributed by atoms with Gasteiger partial charge < -0.3 is 5.11 Å². The number of carbonyl (C=O) groups excluding carboxylic acids is 1. The maximum atomic E-state index is 12.0. The monoisotopic (exact) mass is 221 g/mol. The Morgan fingerprint density at radius 2 is 2.06 bits per heavy atom. The lowest BCUT2D eigenvalue weighted by Crippen LogP contribution is -2.32. The van der Waals surface area contributed by atoms with Crippen LogP contribution in [0.2, 0.25) is 0 Å². The molecular formula is C13H19NO2. The standard InChI is InChI=1S/C13H19NO2/c1-3-14(8-9-15)10-13(16)12-7-5-4-6-11(12)2/h4-7,15H,3,8-10H2,1-2H3. The van der Waals surface area contributed by atoms with Gasteiger partial charge in [-0.2, -0.15) is 0 Å². The molecule has 0 aliphatic rings. The van der Waals surface area contributed by atoms with Crippen LogP contribution in [-0.2, 0) is 0 Å². The van der Waals surface area contributed by atoms with E-state index in [0.29, 0.717) is 13.1 Å². The van der Waals surface area contributed by atoms with Crippen molar-refractivity contribution in [3.8, 4) is 0 Å². The number of aliphatic hydroxyl groups is 1. The lowest BCUT2D eigenvalue weighted by Gasteiger charge is -2.18. The summed E-state index contributed by atoms with van der Waals surface area (Å²) in [4.78, 5) is 13.9. The minimum Gasteiger partial charge on any atom is -0.395 e. The summed E-state index contributed by atoms with van der Waals surface area (Å²) < 4.78 is 0. The van der Waals surface area contributed by atoms with Crippen molar-refractivity contribution >= 4 is 5.78 Å². The number of aryl methyl sites for hydroxylation is 1. The first-order valence-corrected chi connectivity index (χ1v) is 5.61. The first-order valence-electron chi connectivity index (χ1n) is 5.61. The van der Waals surface area contributed by atoms with E-state index in [1.54, 1.807) is 0 Å². The minimum absolute atomic E-state index is 0.0922. The number of Topliss-reactive ketones (excluding diaryl/α,β-unsaturated/α-hetero) is 1. The number of aliphatic hydroxyl groups excluding tert-OH is 1. The highest BCUT2D eigenvalue weighted by Crippen LogP contribution is 2.08. The van der Waals surface area contributed by atoms with Crippen LogP contribution in [0.5, 0.6) is 0 Å². The average molecular weight is 221 g/mol. The Balaban J connectivity index is 2.68. The van der Waals surface area contributed by atoms with Crippen LogP contribution in [0.4, 0.5) is 0 Å². The smallest absolute Gasteiger partial charge is 0.177 e. The van der Waals surface area contributed by atoms with Crippen molar-refractivity contribution in [3.05, 3.63) is 35.4 Å². The molecule has 0 fully saturated rings. The van der Waals surface area contributed by atoms with E-state index in [9.17, 15) is 4.79 Å². The van der Waals surface area contributed by atoms with Crippen molar-refractivity contribution < 1.29 is 9.90 Å². The average Bonchev–Trinajstić information content (AvgIpc) is 2.28. The molecule has 0 bridgehead atoms. The Kier molecular flexibility index (Phi) is 5.15. The first kappa shape index (κ1) is 12.9. The third-order valence-electron chi connectivity index (χ3n) is 2.68. The zero-order chi connectivity index (χ0) is 12.0. The van der Waals surface area contributed by atoms with E-state index in [1.807, 2.05) is 43.0 Å². The van der Waals surface area contributed by atoms with E-state index < -0.39 is 0 Å². The summed E-state index contributed by atoms with van der Waals surface area (Å²) in [6.07, 6.45) is 0.